The van der Waals surface area contributed by atoms with E-state index in [1.807, 2.05) is 72.8 Å². The molecule has 0 aliphatic carbocycles. The molecule has 0 radical (unpaired) electrons. The monoisotopic (exact) mass is 388 g/mol. The molecule has 3 aromatic rings. The fourth-order valence-corrected chi connectivity index (χ4v) is 3.73. The van der Waals surface area contributed by atoms with Gasteiger partial charge in [-0.15, -0.1) is 0 Å². The third-order valence-corrected chi connectivity index (χ3v) is 5.24. The molecule has 1 fully saturated rings. The van der Waals surface area contributed by atoms with Gasteiger partial charge in [0, 0.05) is 13.1 Å². The molecule has 0 aromatic heterocycles. The molecule has 1 heterocycles. The Balaban J connectivity index is 1.55. The summed E-state index contributed by atoms with van der Waals surface area (Å²) in [5.74, 6) is -0.261. The van der Waals surface area contributed by atoms with E-state index in [9.17, 15) is 9.59 Å². The van der Waals surface area contributed by atoms with E-state index >= 15 is 0 Å². The first-order valence-corrected chi connectivity index (χ1v) is 9.90. The van der Waals surface area contributed by atoms with Crippen molar-refractivity contribution >= 4 is 22.6 Å². The van der Waals surface area contributed by atoms with Crippen LogP contribution in [0.25, 0.3) is 10.8 Å². The highest BCUT2D eigenvalue weighted by Gasteiger charge is 2.28. The number of morpholine rings is 1. The molecule has 0 spiro atoms. The highest BCUT2D eigenvalue weighted by atomic mass is 16.5. The van der Waals surface area contributed by atoms with Crippen molar-refractivity contribution in [2.75, 3.05) is 26.3 Å². The minimum Gasteiger partial charge on any atom is -0.378 e. The van der Waals surface area contributed by atoms with Crippen LogP contribution in [0, 0.1) is 0 Å². The van der Waals surface area contributed by atoms with Gasteiger partial charge < -0.3 is 15.0 Å². The second-order valence-electron chi connectivity index (χ2n) is 7.16. The predicted molar refractivity (Wildman–Crippen MR) is 112 cm³/mol. The molecule has 0 bridgehead atoms. The summed E-state index contributed by atoms with van der Waals surface area (Å²) in [6, 6.07) is 22.7. The van der Waals surface area contributed by atoms with Crippen molar-refractivity contribution in [3.8, 4) is 0 Å². The fourth-order valence-electron chi connectivity index (χ4n) is 3.73. The third kappa shape index (κ3) is 4.46. The van der Waals surface area contributed by atoms with Gasteiger partial charge in [-0.25, -0.2) is 0 Å². The van der Waals surface area contributed by atoms with Crippen LogP contribution in [-0.4, -0.2) is 43.0 Å². The van der Waals surface area contributed by atoms with E-state index in [-0.39, 0.29) is 18.2 Å². The fraction of sp³-hybridized carbons (Fsp3) is 0.250. The molecule has 1 unspecified atom stereocenters. The SMILES string of the molecule is O=C(Cc1cccc2ccccc12)NC(C(=O)N1CCOCC1)c1ccccc1. The number of carbonyl (C=O) groups is 2. The Morgan fingerprint density at radius 3 is 2.38 bits per heavy atom. The molecular weight excluding hydrogens is 364 g/mol. The molecule has 5 nitrogen and oxygen atoms in total. The average molecular weight is 388 g/mol. The van der Waals surface area contributed by atoms with Crippen molar-refractivity contribution in [1.29, 1.82) is 0 Å². The molecule has 1 aliphatic heterocycles. The highest BCUT2D eigenvalue weighted by molar-refractivity contribution is 5.93. The molecule has 4 rings (SSSR count). The van der Waals surface area contributed by atoms with Crippen LogP contribution >= 0.6 is 0 Å². The van der Waals surface area contributed by atoms with Crippen LogP contribution in [0.4, 0.5) is 0 Å². The zero-order chi connectivity index (χ0) is 20.1. The number of amides is 2. The molecule has 3 aromatic carbocycles. The zero-order valence-electron chi connectivity index (χ0n) is 16.2. The van der Waals surface area contributed by atoms with Gasteiger partial charge in [0.1, 0.15) is 6.04 Å². The van der Waals surface area contributed by atoms with E-state index in [4.69, 9.17) is 4.74 Å². The molecular formula is C24H24N2O3. The summed E-state index contributed by atoms with van der Waals surface area (Å²) in [6.45, 7) is 2.14. The first-order valence-electron chi connectivity index (χ1n) is 9.90. The lowest BCUT2D eigenvalue weighted by molar-refractivity contribution is -0.140. The Kier molecular flexibility index (Phi) is 5.86. The third-order valence-electron chi connectivity index (χ3n) is 5.24. The summed E-state index contributed by atoms with van der Waals surface area (Å²) in [4.78, 5) is 27.8. The molecule has 1 atom stereocenters. The van der Waals surface area contributed by atoms with Gasteiger partial charge in [0.25, 0.3) is 0 Å². The average Bonchev–Trinajstić information content (AvgIpc) is 2.78. The maximum absolute atomic E-state index is 13.2. The van der Waals surface area contributed by atoms with Gasteiger partial charge >= 0.3 is 0 Å². The quantitative estimate of drug-likeness (QED) is 0.731. The van der Waals surface area contributed by atoms with Crippen LogP contribution in [0.5, 0.6) is 0 Å². The number of benzene rings is 3. The number of fused-ring (bicyclic) bond motifs is 1. The van der Waals surface area contributed by atoms with Crippen molar-refractivity contribution in [1.82, 2.24) is 10.2 Å². The van der Waals surface area contributed by atoms with E-state index in [1.165, 1.54) is 0 Å². The zero-order valence-corrected chi connectivity index (χ0v) is 16.2. The summed E-state index contributed by atoms with van der Waals surface area (Å²) in [5.41, 5.74) is 1.74. The number of hydrogen-bond acceptors (Lipinski definition) is 3. The maximum Gasteiger partial charge on any atom is 0.249 e. The van der Waals surface area contributed by atoms with Crippen LogP contribution in [0.2, 0.25) is 0 Å². The van der Waals surface area contributed by atoms with Crippen LogP contribution in [0.15, 0.2) is 72.8 Å². The van der Waals surface area contributed by atoms with Gasteiger partial charge in [0.2, 0.25) is 11.8 Å². The minimum absolute atomic E-state index is 0.0919. The van der Waals surface area contributed by atoms with E-state index in [0.29, 0.717) is 26.3 Å². The van der Waals surface area contributed by atoms with Gasteiger partial charge in [-0.3, -0.25) is 9.59 Å². The van der Waals surface area contributed by atoms with Crippen molar-refractivity contribution in [2.45, 2.75) is 12.5 Å². The molecule has 1 saturated heterocycles. The summed E-state index contributed by atoms with van der Waals surface area (Å²) >= 11 is 0. The van der Waals surface area contributed by atoms with E-state index in [1.54, 1.807) is 4.90 Å². The maximum atomic E-state index is 13.2. The standard InChI is InChI=1S/C24H24N2O3/c27-22(17-20-11-6-10-18-7-4-5-12-21(18)20)25-23(19-8-2-1-3-9-19)24(28)26-13-15-29-16-14-26/h1-12,23H,13-17H2,(H,25,27). The largest absolute Gasteiger partial charge is 0.378 e. The van der Waals surface area contributed by atoms with Gasteiger partial charge in [0.05, 0.1) is 19.6 Å². The molecule has 2 amide bonds. The summed E-state index contributed by atoms with van der Waals surface area (Å²) in [6.07, 6.45) is 0.223. The van der Waals surface area contributed by atoms with Crippen molar-refractivity contribution < 1.29 is 14.3 Å². The first kappa shape index (κ1) is 19.2. The molecule has 29 heavy (non-hydrogen) atoms. The lowest BCUT2D eigenvalue weighted by Crippen LogP contribution is -2.47. The van der Waals surface area contributed by atoms with Crippen LogP contribution < -0.4 is 5.32 Å². The smallest absolute Gasteiger partial charge is 0.249 e. The summed E-state index contributed by atoms with van der Waals surface area (Å²) in [7, 11) is 0. The summed E-state index contributed by atoms with van der Waals surface area (Å²) < 4.78 is 5.36. The number of nitrogens with one attached hydrogen (secondary N) is 1. The Morgan fingerprint density at radius 2 is 1.59 bits per heavy atom. The van der Waals surface area contributed by atoms with Gasteiger partial charge in [-0.2, -0.15) is 0 Å². The second kappa shape index (κ2) is 8.88. The second-order valence-corrected chi connectivity index (χ2v) is 7.16. The van der Waals surface area contributed by atoms with E-state index in [2.05, 4.69) is 5.32 Å². The van der Waals surface area contributed by atoms with Crippen LogP contribution in [0.1, 0.15) is 17.2 Å². The van der Waals surface area contributed by atoms with Gasteiger partial charge in [-0.1, -0.05) is 72.8 Å². The van der Waals surface area contributed by atoms with Crippen LogP contribution in [0.3, 0.4) is 0 Å². The topological polar surface area (TPSA) is 58.6 Å². The van der Waals surface area contributed by atoms with Crippen LogP contribution in [-0.2, 0) is 20.7 Å². The van der Waals surface area contributed by atoms with Gasteiger partial charge in [-0.05, 0) is 21.9 Å². The lowest BCUT2D eigenvalue weighted by atomic mass is 10.0. The Bertz CT molecular complexity index is 992. The Hall–Kier alpha value is -3.18. The number of ether oxygens (including phenoxy) is 1. The van der Waals surface area contributed by atoms with Crippen molar-refractivity contribution in [3.05, 3.63) is 83.9 Å². The number of carbonyl (C=O) groups excluding carboxylic acids is 2. The molecule has 148 valence electrons. The molecule has 1 aliphatic rings. The number of hydrogen-bond donors (Lipinski definition) is 1. The Labute approximate surface area is 170 Å². The molecule has 5 heteroatoms. The van der Waals surface area contributed by atoms with E-state index < -0.39 is 6.04 Å². The number of nitrogens with zero attached hydrogens (tertiary/aromatic N) is 1. The lowest BCUT2D eigenvalue weighted by Gasteiger charge is -2.31. The molecule has 0 saturated carbocycles. The van der Waals surface area contributed by atoms with Crippen molar-refractivity contribution in [3.63, 3.8) is 0 Å². The van der Waals surface area contributed by atoms with Crippen molar-refractivity contribution in [2.24, 2.45) is 0 Å². The normalized spacial score (nSPS) is 15.1. The summed E-state index contributed by atoms with van der Waals surface area (Å²) in [5, 5.41) is 5.13. The predicted octanol–water partition coefficient (Wildman–Crippen LogP) is 3.10. The highest BCUT2D eigenvalue weighted by Crippen LogP contribution is 2.21. The first-order chi connectivity index (χ1) is 14.2. The minimum atomic E-state index is -0.697. The number of rotatable bonds is 5. The van der Waals surface area contributed by atoms with E-state index in [0.717, 1.165) is 21.9 Å². The van der Waals surface area contributed by atoms with Gasteiger partial charge in [0.15, 0.2) is 0 Å². The Morgan fingerprint density at radius 1 is 0.897 bits per heavy atom. The molecule has 1 N–H and O–H groups in total.